The van der Waals surface area contributed by atoms with Gasteiger partial charge in [0.2, 0.25) is 0 Å². The minimum atomic E-state index is -1.68. The van der Waals surface area contributed by atoms with Gasteiger partial charge in [-0.05, 0) is 39.8 Å². The Balaban J connectivity index is 2.23. The number of aliphatic hydroxyl groups is 1. The zero-order valence-electron chi connectivity index (χ0n) is 10.8. The summed E-state index contributed by atoms with van der Waals surface area (Å²) in [7, 11) is 0. The lowest BCUT2D eigenvalue weighted by molar-refractivity contribution is -0.156. The minimum absolute atomic E-state index is 0.0838. The van der Waals surface area contributed by atoms with Crippen LogP contribution in [-0.4, -0.2) is 58.9 Å². The highest BCUT2D eigenvalue weighted by Crippen LogP contribution is 2.11. The molecule has 2 atom stereocenters. The number of hydrogen-bond acceptors (Lipinski definition) is 4. The normalized spacial score (nSPS) is 23.0. The molecule has 1 aliphatic heterocycles. The van der Waals surface area contributed by atoms with Gasteiger partial charge in [-0.3, -0.25) is 4.90 Å². The number of piperidine rings is 1. The molecule has 3 N–H and O–H groups in total. The Bertz CT molecular complexity index is 250. The fraction of sp³-hybridized carbons (Fsp3) is 0.917. The van der Waals surface area contributed by atoms with Gasteiger partial charge in [0.05, 0.1) is 0 Å². The van der Waals surface area contributed by atoms with Crippen LogP contribution in [-0.2, 0) is 4.79 Å². The Hall–Kier alpha value is -0.650. The molecular weight excluding hydrogens is 220 g/mol. The zero-order valence-corrected chi connectivity index (χ0v) is 10.8. The van der Waals surface area contributed by atoms with Crippen molar-refractivity contribution >= 4 is 5.97 Å². The van der Waals surface area contributed by atoms with Crippen molar-refractivity contribution in [1.82, 2.24) is 10.2 Å². The van der Waals surface area contributed by atoms with Crippen molar-refractivity contribution in [3.8, 4) is 0 Å². The van der Waals surface area contributed by atoms with Crippen LogP contribution in [0.25, 0.3) is 0 Å². The number of carboxylic acid groups (broad SMARTS) is 1. The van der Waals surface area contributed by atoms with Gasteiger partial charge in [0.25, 0.3) is 0 Å². The van der Waals surface area contributed by atoms with Crippen LogP contribution < -0.4 is 5.32 Å². The quantitative estimate of drug-likeness (QED) is 0.626. The molecule has 5 heteroatoms. The van der Waals surface area contributed by atoms with Crippen LogP contribution in [0.1, 0.15) is 33.1 Å². The lowest BCUT2D eigenvalue weighted by Crippen LogP contribution is -2.49. The number of nitrogens with zero attached hydrogens (tertiary/aromatic N) is 1. The SMILES string of the molecule is CC(CNCC(C)(O)C(=O)O)N1CCCCC1. The van der Waals surface area contributed by atoms with E-state index >= 15 is 0 Å². The van der Waals surface area contributed by atoms with E-state index in [1.54, 1.807) is 0 Å². The molecule has 2 unspecified atom stereocenters. The van der Waals surface area contributed by atoms with Crippen LogP contribution >= 0.6 is 0 Å². The number of rotatable bonds is 6. The Morgan fingerprint density at radius 3 is 2.53 bits per heavy atom. The van der Waals surface area contributed by atoms with Crippen molar-refractivity contribution in [1.29, 1.82) is 0 Å². The first-order chi connectivity index (χ1) is 7.93. The second-order valence-electron chi connectivity index (χ2n) is 5.16. The van der Waals surface area contributed by atoms with E-state index in [0.717, 1.165) is 13.1 Å². The van der Waals surface area contributed by atoms with E-state index in [-0.39, 0.29) is 6.54 Å². The maximum atomic E-state index is 10.7. The van der Waals surface area contributed by atoms with Crippen LogP contribution in [0.4, 0.5) is 0 Å². The molecule has 0 spiro atoms. The van der Waals surface area contributed by atoms with Gasteiger partial charge in [-0.1, -0.05) is 6.42 Å². The Kier molecular flexibility index (Phi) is 5.36. The summed E-state index contributed by atoms with van der Waals surface area (Å²) in [6.07, 6.45) is 3.80. The highest BCUT2D eigenvalue weighted by atomic mass is 16.4. The molecule has 1 rings (SSSR count). The molecule has 0 aliphatic carbocycles. The number of nitrogens with one attached hydrogen (secondary N) is 1. The van der Waals surface area contributed by atoms with E-state index in [9.17, 15) is 9.90 Å². The lowest BCUT2D eigenvalue weighted by Gasteiger charge is -2.33. The molecule has 0 aromatic heterocycles. The first-order valence-electron chi connectivity index (χ1n) is 6.34. The van der Waals surface area contributed by atoms with Gasteiger partial charge >= 0.3 is 5.97 Å². The van der Waals surface area contributed by atoms with Crippen molar-refractivity contribution in [3.63, 3.8) is 0 Å². The Labute approximate surface area is 103 Å². The molecule has 0 radical (unpaired) electrons. The summed E-state index contributed by atoms with van der Waals surface area (Å²) in [6, 6.07) is 0.389. The topological polar surface area (TPSA) is 72.8 Å². The first kappa shape index (κ1) is 14.4. The van der Waals surface area contributed by atoms with Crippen LogP contribution in [0.15, 0.2) is 0 Å². The maximum absolute atomic E-state index is 10.7. The van der Waals surface area contributed by atoms with E-state index in [0.29, 0.717) is 12.6 Å². The number of carbonyl (C=O) groups is 1. The van der Waals surface area contributed by atoms with E-state index in [1.807, 2.05) is 0 Å². The molecule has 0 amide bonds. The van der Waals surface area contributed by atoms with E-state index in [4.69, 9.17) is 5.11 Å². The molecule has 1 aliphatic rings. The van der Waals surface area contributed by atoms with Crippen molar-refractivity contribution in [2.75, 3.05) is 26.2 Å². The third-order valence-corrected chi connectivity index (χ3v) is 3.38. The summed E-state index contributed by atoms with van der Waals surface area (Å²) in [5, 5.41) is 21.3. The molecule has 0 aromatic carbocycles. The third kappa shape index (κ3) is 4.61. The van der Waals surface area contributed by atoms with Crippen molar-refractivity contribution in [3.05, 3.63) is 0 Å². The standard InChI is InChI=1S/C12H24N2O3/c1-10(14-6-4-3-5-7-14)8-13-9-12(2,17)11(15)16/h10,13,17H,3-9H2,1-2H3,(H,15,16). The fourth-order valence-corrected chi connectivity index (χ4v) is 2.09. The van der Waals surface area contributed by atoms with Gasteiger partial charge in [0.15, 0.2) is 5.60 Å². The second kappa shape index (κ2) is 6.33. The Morgan fingerprint density at radius 2 is 2.00 bits per heavy atom. The van der Waals surface area contributed by atoms with Crippen LogP contribution in [0.5, 0.6) is 0 Å². The smallest absolute Gasteiger partial charge is 0.336 e. The first-order valence-corrected chi connectivity index (χ1v) is 6.34. The minimum Gasteiger partial charge on any atom is -0.479 e. The summed E-state index contributed by atoms with van der Waals surface area (Å²) in [5.74, 6) is -1.18. The largest absolute Gasteiger partial charge is 0.479 e. The van der Waals surface area contributed by atoms with Gasteiger partial charge in [0.1, 0.15) is 0 Å². The predicted octanol–water partition coefficient (Wildman–Crippen LogP) is 0.286. The second-order valence-corrected chi connectivity index (χ2v) is 5.16. The number of likely N-dealkylation sites (tertiary alicyclic amines) is 1. The highest BCUT2D eigenvalue weighted by Gasteiger charge is 2.29. The Morgan fingerprint density at radius 1 is 1.41 bits per heavy atom. The number of carboxylic acids is 1. The number of hydrogen-bond donors (Lipinski definition) is 3. The van der Waals surface area contributed by atoms with E-state index < -0.39 is 11.6 Å². The molecular formula is C12H24N2O3. The fourth-order valence-electron chi connectivity index (χ4n) is 2.09. The van der Waals surface area contributed by atoms with Crippen LogP contribution in [0, 0.1) is 0 Å². The van der Waals surface area contributed by atoms with Gasteiger partial charge in [0, 0.05) is 19.1 Å². The molecule has 100 valence electrons. The predicted molar refractivity (Wildman–Crippen MR) is 66.0 cm³/mol. The van der Waals surface area contributed by atoms with Crippen molar-refractivity contribution in [2.24, 2.45) is 0 Å². The molecule has 0 bridgehead atoms. The van der Waals surface area contributed by atoms with Gasteiger partial charge in [-0.25, -0.2) is 4.79 Å². The molecule has 1 fully saturated rings. The molecule has 1 saturated heterocycles. The van der Waals surface area contributed by atoms with Crippen LogP contribution in [0.2, 0.25) is 0 Å². The zero-order chi connectivity index (χ0) is 12.9. The van der Waals surface area contributed by atoms with Crippen LogP contribution in [0.3, 0.4) is 0 Å². The van der Waals surface area contributed by atoms with Gasteiger partial charge in [-0.2, -0.15) is 0 Å². The summed E-state index contributed by atoms with van der Waals surface area (Å²) < 4.78 is 0. The van der Waals surface area contributed by atoms with Gasteiger partial charge in [-0.15, -0.1) is 0 Å². The third-order valence-electron chi connectivity index (χ3n) is 3.38. The van der Waals surface area contributed by atoms with Crippen molar-refractivity contribution < 1.29 is 15.0 Å². The van der Waals surface area contributed by atoms with E-state index in [2.05, 4.69) is 17.1 Å². The molecule has 5 nitrogen and oxygen atoms in total. The maximum Gasteiger partial charge on any atom is 0.336 e. The van der Waals surface area contributed by atoms with Gasteiger partial charge < -0.3 is 15.5 Å². The molecule has 0 saturated carbocycles. The monoisotopic (exact) mass is 244 g/mol. The lowest BCUT2D eigenvalue weighted by atomic mass is 10.1. The summed E-state index contributed by atoms with van der Waals surface area (Å²) in [6.45, 7) is 6.49. The average Bonchev–Trinajstić information content (AvgIpc) is 2.29. The van der Waals surface area contributed by atoms with E-state index in [1.165, 1.54) is 26.2 Å². The highest BCUT2D eigenvalue weighted by molar-refractivity contribution is 5.76. The van der Waals surface area contributed by atoms with Crippen molar-refractivity contribution in [2.45, 2.75) is 44.8 Å². The summed E-state index contributed by atoms with van der Waals surface area (Å²) >= 11 is 0. The summed E-state index contributed by atoms with van der Waals surface area (Å²) in [4.78, 5) is 13.1. The molecule has 1 heterocycles. The number of aliphatic carboxylic acids is 1. The molecule has 17 heavy (non-hydrogen) atoms. The average molecular weight is 244 g/mol. The molecule has 0 aromatic rings. The summed E-state index contributed by atoms with van der Waals surface area (Å²) in [5.41, 5.74) is -1.68.